The van der Waals surface area contributed by atoms with Gasteiger partial charge in [-0.2, -0.15) is 0 Å². The fraction of sp³-hybridized carbons (Fsp3) is 0.667. The van der Waals surface area contributed by atoms with Gasteiger partial charge in [0.2, 0.25) is 0 Å². The van der Waals surface area contributed by atoms with Crippen LogP contribution in [-0.2, 0) is 16.3 Å². The van der Waals surface area contributed by atoms with E-state index in [0.29, 0.717) is 10.8 Å². The third kappa shape index (κ3) is 10.1. The van der Waals surface area contributed by atoms with Crippen LogP contribution in [0.3, 0.4) is 0 Å². The van der Waals surface area contributed by atoms with Gasteiger partial charge in [0.25, 0.3) is 0 Å². The number of guanidine groups is 1. The van der Waals surface area contributed by atoms with Crippen molar-refractivity contribution in [1.29, 1.82) is 0 Å². The van der Waals surface area contributed by atoms with E-state index in [1.165, 1.54) is 38.6 Å². The van der Waals surface area contributed by atoms with Crippen molar-refractivity contribution in [1.82, 2.24) is 15.5 Å². The Hall–Kier alpha value is -0.870. The molecule has 1 heterocycles. The monoisotopic (exact) mass is 536 g/mol. The highest BCUT2D eigenvalue weighted by atomic mass is 127. The van der Waals surface area contributed by atoms with Crippen LogP contribution in [0.4, 0.5) is 0 Å². The number of aliphatic imine (C=N–C) groups is 1. The lowest BCUT2D eigenvalue weighted by Gasteiger charge is -2.28. The number of likely N-dealkylation sites (tertiary alicyclic amines) is 1. The number of nitrogens with one attached hydrogen (secondary N) is 2. The minimum absolute atomic E-state index is 0. The summed E-state index contributed by atoms with van der Waals surface area (Å²) in [6.07, 6.45) is 6.07. The average Bonchev–Trinajstić information content (AvgIpc) is 2.66. The molecule has 166 valence electrons. The van der Waals surface area contributed by atoms with E-state index in [4.69, 9.17) is 4.99 Å². The Kier molecular flexibility index (Phi) is 12.1. The van der Waals surface area contributed by atoms with E-state index >= 15 is 0 Å². The predicted molar refractivity (Wildman–Crippen MR) is 132 cm³/mol. The summed E-state index contributed by atoms with van der Waals surface area (Å²) in [5, 5.41) is 6.68. The van der Waals surface area contributed by atoms with Gasteiger partial charge in [-0.15, -0.1) is 24.0 Å². The van der Waals surface area contributed by atoms with Crippen LogP contribution in [0.5, 0.6) is 0 Å². The van der Waals surface area contributed by atoms with Gasteiger partial charge >= 0.3 is 0 Å². The van der Waals surface area contributed by atoms with Crippen molar-refractivity contribution in [3.05, 3.63) is 29.8 Å². The Morgan fingerprint density at radius 1 is 1.14 bits per heavy atom. The van der Waals surface area contributed by atoms with Crippen molar-refractivity contribution in [2.24, 2.45) is 10.9 Å². The molecule has 29 heavy (non-hydrogen) atoms. The molecule has 1 aromatic carbocycles. The van der Waals surface area contributed by atoms with E-state index in [-0.39, 0.29) is 24.0 Å². The molecule has 1 atom stereocenters. The van der Waals surface area contributed by atoms with Gasteiger partial charge in [-0.25, -0.2) is 8.42 Å². The number of halogens is 1. The molecule has 1 aliphatic heterocycles. The molecular weight excluding hydrogens is 499 g/mol. The van der Waals surface area contributed by atoms with Gasteiger partial charge in [-0.05, 0) is 62.9 Å². The third-order valence-electron chi connectivity index (χ3n) is 4.98. The van der Waals surface area contributed by atoms with Gasteiger partial charge in [-0.1, -0.05) is 25.5 Å². The lowest BCUT2D eigenvalue weighted by Crippen LogP contribution is -2.39. The smallest absolute Gasteiger partial charge is 0.191 e. The summed E-state index contributed by atoms with van der Waals surface area (Å²) in [7, 11) is -3.14. The van der Waals surface area contributed by atoms with Gasteiger partial charge in [0.15, 0.2) is 15.8 Å². The zero-order valence-corrected chi connectivity index (χ0v) is 21.1. The van der Waals surface area contributed by atoms with Crippen molar-refractivity contribution in [3.8, 4) is 0 Å². The number of sulfone groups is 1. The first-order valence-electron chi connectivity index (χ1n) is 10.4. The largest absolute Gasteiger partial charge is 0.357 e. The Morgan fingerprint density at radius 2 is 1.79 bits per heavy atom. The maximum Gasteiger partial charge on any atom is 0.191 e. The van der Waals surface area contributed by atoms with Crippen LogP contribution in [0, 0.1) is 5.92 Å². The Labute approximate surface area is 193 Å². The summed E-state index contributed by atoms with van der Waals surface area (Å²) in [6, 6.07) is 7.10. The highest BCUT2D eigenvalue weighted by Crippen LogP contribution is 2.12. The van der Waals surface area contributed by atoms with Crippen LogP contribution in [0.2, 0.25) is 0 Å². The molecule has 2 N–H and O–H groups in total. The maximum atomic E-state index is 11.5. The minimum Gasteiger partial charge on any atom is -0.357 e. The zero-order chi connectivity index (χ0) is 20.4. The van der Waals surface area contributed by atoms with Gasteiger partial charge in [-0.3, -0.25) is 4.99 Å². The second-order valence-corrected chi connectivity index (χ2v) is 9.79. The van der Waals surface area contributed by atoms with E-state index in [0.717, 1.165) is 44.1 Å². The molecular formula is C21H37IN4O2S. The van der Waals surface area contributed by atoms with Crippen molar-refractivity contribution in [2.45, 2.75) is 44.4 Å². The molecule has 0 radical (unpaired) electrons. The van der Waals surface area contributed by atoms with Gasteiger partial charge in [0.05, 0.1) is 4.90 Å². The van der Waals surface area contributed by atoms with Gasteiger partial charge in [0, 0.05) is 32.4 Å². The first-order valence-corrected chi connectivity index (χ1v) is 12.3. The second-order valence-electron chi connectivity index (χ2n) is 7.78. The van der Waals surface area contributed by atoms with E-state index in [1.54, 1.807) is 12.1 Å². The van der Waals surface area contributed by atoms with Crippen molar-refractivity contribution in [2.75, 3.05) is 45.5 Å². The number of hydrogen-bond donors (Lipinski definition) is 2. The van der Waals surface area contributed by atoms with E-state index in [2.05, 4.69) is 29.4 Å². The molecule has 0 aliphatic carbocycles. The van der Waals surface area contributed by atoms with Gasteiger partial charge in [0.1, 0.15) is 0 Å². The van der Waals surface area contributed by atoms with Crippen LogP contribution >= 0.6 is 24.0 Å². The lowest BCUT2D eigenvalue weighted by molar-refractivity contribution is 0.203. The molecule has 1 saturated heterocycles. The quantitative estimate of drug-likeness (QED) is 0.289. The molecule has 1 unspecified atom stereocenters. The molecule has 2 rings (SSSR count). The molecule has 0 amide bonds. The number of benzene rings is 1. The lowest BCUT2D eigenvalue weighted by atomic mass is 10.1. The normalized spacial score (nSPS) is 16.7. The average molecular weight is 537 g/mol. The van der Waals surface area contributed by atoms with E-state index in [1.807, 2.05) is 12.1 Å². The number of rotatable bonds is 9. The Balaban J connectivity index is 0.00000420. The van der Waals surface area contributed by atoms with Crippen LogP contribution < -0.4 is 10.6 Å². The summed E-state index contributed by atoms with van der Waals surface area (Å²) < 4.78 is 23.1. The molecule has 1 aliphatic rings. The first-order chi connectivity index (χ1) is 13.4. The molecule has 1 aromatic rings. The minimum atomic E-state index is -3.14. The molecule has 0 aromatic heterocycles. The van der Waals surface area contributed by atoms with Gasteiger partial charge < -0.3 is 15.5 Å². The molecule has 6 nitrogen and oxygen atoms in total. The summed E-state index contributed by atoms with van der Waals surface area (Å²) in [5.74, 6) is 1.39. The second kappa shape index (κ2) is 13.4. The number of hydrogen-bond acceptors (Lipinski definition) is 4. The molecule has 1 fully saturated rings. The molecule has 0 bridgehead atoms. The van der Waals surface area contributed by atoms with Crippen molar-refractivity contribution in [3.63, 3.8) is 0 Å². The topological polar surface area (TPSA) is 73.8 Å². The zero-order valence-electron chi connectivity index (χ0n) is 18.0. The van der Waals surface area contributed by atoms with Crippen molar-refractivity contribution >= 4 is 39.8 Å². The van der Waals surface area contributed by atoms with E-state index < -0.39 is 9.84 Å². The first kappa shape index (κ1) is 26.2. The summed E-state index contributed by atoms with van der Waals surface area (Å²) >= 11 is 0. The highest BCUT2D eigenvalue weighted by molar-refractivity contribution is 14.0. The van der Waals surface area contributed by atoms with Crippen LogP contribution in [0.15, 0.2) is 34.2 Å². The van der Waals surface area contributed by atoms with E-state index in [9.17, 15) is 8.42 Å². The van der Waals surface area contributed by atoms with Crippen LogP contribution in [-0.4, -0.2) is 64.8 Å². The standard InChI is InChI=1S/C21H36N4O2S.HI/c1-4-22-21(24-16-18(2)17-25-14-6-5-7-15-25)23-13-12-19-8-10-20(11-9-19)28(3,26)27;/h8-11,18H,4-7,12-17H2,1-3H3,(H2,22,23,24);1H. The fourth-order valence-electron chi connectivity index (χ4n) is 3.46. The SMILES string of the molecule is CCNC(=NCC(C)CN1CCCCC1)NCCc1ccc(S(C)(=O)=O)cc1.I. The Morgan fingerprint density at radius 3 is 2.38 bits per heavy atom. The summed E-state index contributed by atoms with van der Waals surface area (Å²) in [4.78, 5) is 7.67. The fourth-order valence-corrected chi connectivity index (χ4v) is 4.09. The summed E-state index contributed by atoms with van der Waals surface area (Å²) in [5.41, 5.74) is 1.11. The highest BCUT2D eigenvalue weighted by Gasteiger charge is 2.13. The molecule has 0 saturated carbocycles. The molecule has 8 heteroatoms. The Bertz CT molecular complexity index is 717. The third-order valence-corrected chi connectivity index (χ3v) is 6.11. The predicted octanol–water partition coefficient (Wildman–Crippen LogP) is 2.93. The van der Waals surface area contributed by atoms with Crippen LogP contribution in [0.1, 0.15) is 38.7 Å². The number of nitrogens with zero attached hydrogens (tertiary/aromatic N) is 2. The van der Waals surface area contributed by atoms with Crippen molar-refractivity contribution < 1.29 is 8.42 Å². The molecule has 0 spiro atoms. The number of piperidine rings is 1. The maximum absolute atomic E-state index is 11.5. The summed E-state index contributed by atoms with van der Waals surface area (Å²) in [6.45, 7) is 10.3. The van der Waals surface area contributed by atoms with Crippen LogP contribution in [0.25, 0.3) is 0 Å².